The molecule has 282 valence electrons. The lowest BCUT2D eigenvalue weighted by Gasteiger charge is -2.43. The van der Waals surface area contributed by atoms with Crippen molar-refractivity contribution in [3.8, 4) is 11.5 Å². The molecule has 0 radical (unpaired) electrons. The Morgan fingerprint density at radius 2 is 1.63 bits per heavy atom. The van der Waals surface area contributed by atoms with Crippen molar-refractivity contribution in [2.45, 2.75) is 41.9 Å². The van der Waals surface area contributed by atoms with Gasteiger partial charge in [0.15, 0.2) is 18.1 Å². The molecule has 2 aliphatic carbocycles. The fourth-order valence-electron chi connectivity index (χ4n) is 8.74. The number of carbonyl (C=O) groups excluding carboxylic acids is 3. The normalized spacial score (nSPS) is 25.7. The van der Waals surface area contributed by atoms with Crippen molar-refractivity contribution in [3.05, 3.63) is 98.0 Å². The number of carbonyl (C=O) groups is 3. The lowest BCUT2D eigenvalue weighted by molar-refractivity contribution is -0.138. The first kappa shape index (κ1) is 36.2. The number of benzene rings is 3. The van der Waals surface area contributed by atoms with Crippen LogP contribution in [0.25, 0.3) is 0 Å². The summed E-state index contributed by atoms with van der Waals surface area (Å²) in [4.78, 5) is 57.6. The maximum absolute atomic E-state index is 14.0. The molecule has 3 aromatic carbocycles. The Bertz CT molecular complexity index is 2240. The molecule has 0 spiro atoms. The number of hydrogen-bond acceptors (Lipinski definition) is 8. The van der Waals surface area contributed by atoms with Crippen LogP contribution in [0.1, 0.15) is 40.8 Å². The van der Waals surface area contributed by atoms with Crippen molar-refractivity contribution < 1.29 is 50.2 Å². The molecule has 3 heterocycles. The monoisotopic (exact) mass is 789 g/mol. The molecular weight excluding hydrogens is 761 g/mol. The second kappa shape index (κ2) is 13.2. The highest BCUT2D eigenvalue weighted by atomic mass is 32.2. The summed E-state index contributed by atoms with van der Waals surface area (Å²) in [5.74, 6) is -4.27. The zero-order valence-electron chi connectivity index (χ0n) is 28.0. The lowest BCUT2D eigenvalue weighted by Crippen LogP contribution is -2.42. The van der Waals surface area contributed by atoms with E-state index < -0.39 is 71.2 Å². The van der Waals surface area contributed by atoms with E-state index in [2.05, 4.69) is 10.3 Å². The molecule has 3 amide bonds. The minimum atomic E-state index is -4.69. The summed E-state index contributed by atoms with van der Waals surface area (Å²) in [5, 5.41) is 2.68. The third-order valence-corrected chi connectivity index (χ3v) is 13.2. The van der Waals surface area contributed by atoms with Crippen molar-refractivity contribution in [2.75, 3.05) is 23.4 Å². The number of amides is 3. The van der Waals surface area contributed by atoms with Crippen LogP contribution in [0.2, 0.25) is 0 Å². The number of aromatic nitrogens is 1. The van der Waals surface area contributed by atoms with Gasteiger partial charge in [-0.25, -0.2) is 0 Å². The molecule has 4 unspecified atom stereocenters. The van der Waals surface area contributed by atoms with Gasteiger partial charge in [-0.1, -0.05) is 35.6 Å². The van der Waals surface area contributed by atoms with E-state index in [1.807, 2.05) is 0 Å². The smallest absolute Gasteiger partial charge is 0.418 e. The van der Waals surface area contributed by atoms with Gasteiger partial charge in [0.1, 0.15) is 0 Å². The van der Waals surface area contributed by atoms with Crippen LogP contribution >= 0.6 is 23.1 Å². The Hall–Kier alpha value is -4.77. The number of thioether (sulfide) groups is 1. The number of alkyl halides is 6. The second-order valence-corrected chi connectivity index (χ2v) is 15.7. The molecule has 2 N–H and O–H groups in total. The Morgan fingerprint density at radius 1 is 0.889 bits per heavy atom. The molecule has 1 aromatic heterocycles. The average Bonchev–Trinajstić information content (AvgIpc) is 3.86. The molecule has 2 saturated carbocycles. The van der Waals surface area contributed by atoms with E-state index >= 15 is 0 Å². The quantitative estimate of drug-likeness (QED) is 0.140. The largest absolute Gasteiger partial charge is 0.490 e. The Balaban J connectivity index is 1.09. The highest BCUT2D eigenvalue weighted by molar-refractivity contribution is 8.00. The van der Waals surface area contributed by atoms with Gasteiger partial charge in [0, 0.05) is 16.0 Å². The molecule has 3 fully saturated rings. The summed E-state index contributed by atoms with van der Waals surface area (Å²) in [6.07, 6.45) is -8.80. The fourth-order valence-corrected chi connectivity index (χ4v) is 11.6. The maximum atomic E-state index is 14.0. The molecule has 4 aromatic rings. The number of ether oxygens (including phenoxy) is 2. The molecule has 8 rings (SSSR count). The third kappa shape index (κ3) is 6.04. The van der Waals surface area contributed by atoms with E-state index in [1.165, 1.54) is 36.0 Å². The van der Waals surface area contributed by atoms with Crippen LogP contribution in [-0.2, 0) is 26.7 Å². The first-order valence-electron chi connectivity index (χ1n) is 17.0. The van der Waals surface area contributed by atoms with Crippen molar-refractivity contribution in [1.29, 1.82) is 0 Å². The van der Waals surface area contributed by atoms with Gasteiger partial charge in [-0.05, 0) is 79.1 Å². The van der Waals surface area contributed by atoms with Gasteiger partial charge in [0.25, 0.3) is 5.91 Å². The average molecular weight is 790 g/mol. The summed E-state index contributed by atoms with van der Waals surface area (Å²) in [7, 11) is 0. The van der Waals surface area contributed by atoms with Gasteiger partial charge in [0.2, 0.25) is 11.8 Å². The summed E-state index contributed by atoms with van der Waals surface area (Å²) in [6.45, 7) is 1.29. The minimum Gasteiger partial charge on any atom is -0.490 e. The molecular formula is C37H29F6N3O6S2. The number of imide groups is 1. The predicted octanol–water partition coefficient (Wildman–Crippen LogP) is 7.57. The van der Waals surface area contributed by atoms with Gasteiger partial charge < -0.3 is 19.8 Å². The van der Waals surface area contributed by atoms with E-state index in [0.29, 0.717) is 17.0 Å². The van der Waals surface area contributed by atoms with Crippen molar-refractivity contribution in [3.63, 3.8) is 0 Å². The second-order valence-electron chi connectivity index (χ2n) is 13.5. The number of thiazole rings is 1. The van der Waals surface area contributed by atoms with Crippen LogP contribution in [0.5, 0.6) is 11.5 Å². The van der Waals surface area contributed by atoms with E-state index in [1.54, 1.807) is 25.1 Å². The fraction of sp³-hybridized carbons (Fsp3) is 0.351. The van der Waals surface area contributed by atoms with E-state index in [-0.39, 0.29) is 51.7 Å². The predicted molar refractivity (Wildman–Crippen MR) is 186 cm³/mol. The number of halogens is 6. The molecule has 17 heteroatoms. The summed E-state index contributed by atoms with van der Waals surface area (Å²) < 4.78 is 92.7. The summed E-state index contributed by atoms with van der Waals surface area (Å²) >= 11 is 2.48. The van der Waals surface area contributed by atoms with E-state index in [9.17, 15) is 45.5 Å². The van der Waals surface area contributed by atoms with Gasteiger partial charge in [0.05, 0.1) is 46.0 Å². The van der Waals surface area contributed by atoms with Gasteiger partial charge in [-0.15, -0.1) is 11.8 Å². The zero-order chi connectivity index (χ0) is 38.3. The summed E-state index contributed by atoms with van der Waals surface area (Å²) in [5.41, 5.74) is -1.81. The van der Waals surface area contributed by atoms with E-state index in [4.69, 9.17) is 9.47 Å². The topological polar surface area (TPSA) is 118 Å². The minimum absolute atomic E-state index is 0.126. The zero-order valence-corrected chi connectivity index (χ0v) is 29.6. The number of para-hydroxylation sites is 1. The Labute approximate surface area is 311 Å². The molecule has 2 bridgehead atoms. The standard InChI is InChI=1S/C37H29F6N3O6S2/c1-2-51-24-12-16(10-11-23(24)52-15-25(47)44-22-9-4-3-8-21(22)37(41,42)43)26-27-19-14-20(30(27)53-32-31(26)54-35(50)45-32)29-28(19)33(48)46(34(29)49)18-7-5-6-17(13-18)36(38,39)40/h3-13,19-20,26-30H,2,14-15H2,1H3,(H,44,47)(H,45,50)/t19-,20-,26-,27?,28?,29?,30?/m1/s1. The molecule has 9 nitrogen and oxygen atoms in total. The van der Waals surface area contributed by atoms with Crippen LogP contribution in [-0.4, -0.2) is 41.2 Å². The highest BCUT2D eigenvalue weighted by Crippen LogP contribution is 2.69. The Kier molecular flexibility index (Phi) is 8.86. The highest BCUT2D eigenvalue weighted by Gasteiger charge is 2.69. The van der Waals surface area contributed by atoms with Crippen molar-refractivity contribution >= 4 is 52.2 Å². The van der Waals surface area contributed by atoms with Gasteiger partial charge in [-0.3, -0.25) is 24.1 Å². The molecule has 4 aliphatic rings. The van der Waals surface area contributed by atoms with Crippen LogP contribution in [0.4, 0.5) is 37.7 Å². The SMILES string of the molecule is CCOc1cc([C@H]2c3sc(=O)[nH]c3SC3C2[C@H]2C[C@@H]3C3C(=O)N(c4cccc(C(F)(F)F)c4)C(=O)C32)ccc1OCC(=O)Nc1ccccc1C(F)(F)F. The summed E-state index contributed by atoms with van der Waals surface area (Å²) in [6, 6.07) is 13.8. The Morgan fingerprint density at radius 3 is 2.35 bits per heavy atom. The van der Waals surface area contributed by atoms with E-state index in [0.717, 1.165) is 45.4 Å². The molecule has 7 atom stereocenters. The number of fused-ring (bicyclic) bond motifs is 9. The van der Waals surface area contributed by atoms with Crippen molar-refractivity contribution in [2.24, 2.45) is 29.6 Å². The van der Waals surface area contributed by atoms with Gasteiger partial charge in [-0.2, -0.15) is 26.3 Å². The van der Waals surface area contributed by atoms with Crippen LogP contribution < -0.4 is 24.6 Å². The third-order valence-electron chi connectivity index (χ3n) is 10.6. The number of nitrogens with one attached hydrogen (secondary N) is 2. The van der Waals surface area contributed by atoms with Crippen molar-refractivity contribution in [1.82, 2.24) is 4.98 Å². The van der Waals surface area contributed by atoms with Crippen LogP contribution in [0.15, 0.2) is 76.6 Å². The number of hydrogen-bond donors (Lipinski definition) is 2. The molecule has 1 saturated heterocycles. The van der Waals surface area contributed by atoms with Crippen LogP contribution in [0, 0.1) is 29.6 Å². The number of anilines is 2. The number of rotatable bonds is 8. The first-order valence-corrected chi connectivity index (χ1v) is 18.7. The number of nitrogens with zero attached hydrogens (tertiary/aromatic N) is 1. The maximum Gasteiger partial charge on any atom is 0.418 e. The lowest BCUT2D eigenvalue weighted by atomic mass is 9.68. The van der Waals surface area contributed by atoms with Gasteiger partial charge >= 0.3 is 17.2 Å². The number of H-pyrrole nitrogens is 1. The van der Waals surface area contributed by atoms with Crippen LogP contribution in [0.3, 0.4) is 0 Å². The molecule has 2 aliphatic heterocycles. The first-order chi connectivity index (χ1) is 25.7. The number of aromatic amines is 1. The molecule has 54 heavy (non-hydrogen) atoms.